The van der Waals surface area contributed by atoms with Gasteiger partial charge in [0.2, 0.25) is 0 Å². The molecule has 1 atom stereocenters. The zero-order chi connectivity index (χ0) is 21.2. The summed E-state index contributed by atoms with van der Waals surface area (Å²) < 4.78 is 34.0. The van der Waals surface area contributed by atoms with Crippen molar-refractivity contribution in [2.75, 3.05) is 34.0 Å². The maximum Gasteiger partial charge on any atom is 0.276 e. The fourth-order valence-electron chi connectivity index (χ4n) is 3.42. The molecule has 1 fully saturated rings. The van der Waals surface area contributed by atoms with Crippen molar-refractivity contribution in [1.29, 1.82) is 0 Å². The molecule has 8 nitrogen and oxygen atoms in total. The first-order valence-corrected chi connectivity index (χ1v) is 11.7. The number of nitrogens with zero attached hydrogens (tertiary/aromatic N) is 2. The van der Waals surface area contributed by atoms with Gasteiger partial charge in [-0.3, -0.25) is 0 Å². The Bertz CT molecular complexity index is 1150. The van der Waals surface area contributed by atoms with E-state index in [0.717, 1.165) is 45.9 Å². The van der Waals surface area contributed by atoms with Crippen molar-refractivity contribution < 1.29 is 28.1 Å². The van der Waals surface area contributed by atoms with E-state index >= 15 is 0 Å². The minimum Gasteiger partial charge on any atom is -0.496 e. The topological polar surface area (TPSA) is 85.1 Å². The van der Waals surface area contributed by atoms with E-state index < -0.39 is 0 Å². The molecule has 0 N–H and O–H groups in total. The van der Waals surface area contributed by atoms with E-state index in [4.69, 9.17) is 28.1 Å². The highest BCUT2D eigenvalue weighted by atomic mass is 32.1. The van der Waals surface area contributed by atoms with Gasteiger partial charge in [0.15, 0.2) is 26.7 Å². The standard InChI is InChI=1S/C21H22N2O6S2/c1-24-12-9-14(26-7-8-28-17-5-3-4-6-27-17)13-11-16(29-15(13)10-12)18-22-19-20(30-18)23-21(25-2)31-19/h9-11,17H,3-8H2,1-2H3. The lowest BCUT2D eigenvalue weighted by atomic mass is 10.2. The summed E-state index contributed by atoms with van der Waals surface area (Å²) in [6, 6.07) is 5.63. The molecule has 0 amide bonds. The number of fused-ring (bicyclic) bond motifs is 2. The molecule has 1 aliphatic heterocycles. The van der Waals surface area contributed by atoms with Crippen LogP contribution in [0.15, 0.2) is 22.6 Å². The molecule has 0 spiro atoms. The highest BCUT2D eigenvalue weighted by Crippen LogP contribution is 2.40. The van der Waals surface area contributed by atoms with Crippen LogP contribution in [0.3, 0.4) is 0 Å². The Balaban J connectivity index is 1.35. The average molecular weight is 463 g/mol. The molecular weight excluding hydrogens is 440 g/mol. The molecule has 164 valence electrons. The second kappa shape index (κ2) is 8.99. The van der Waals surface area contributed by atoms with E-state index in [2.05, 4.69) is 9.97 Å². The summed E-state index contributed by atoms with van der Waals surface area (Å²) in [7, 11) is 3.22. The molecule has 0 radical (unpaired) electrons. The van der Waals surface area contributed by atoms with Crippen LogP contribution in [0.5, 0.6) is 16.7 Å². The molecule has 3 aromatic heterocycles. The third-order valence-corrected chi connectivity index (χ3v) is 6.94. The largest absolute Gasteiger partial charge is 0.496 e. The summed E-state index contributed by atoms with van der Waals surface area (Å²) in [5.41, 5.74) is 0.671. The Morgan fingerprint density at radius 2 is 1.94 bits per heavy atom. The van der Waals surface area contributed by atoms with E-state index in [0.29, 0.717) is 41.2 Å². The van der Waals surface area contributed by atoms with Crippen molar-refractivity contribution >= 4 is 43.3 Å². The second-order valence-electron chi connectivity index (χ2n) is 6.98. The Labute approximate surface area is 186 Å². The Morgan fingerprint density at radius 3 is 2.71 bits per heavy atom. The molecule has 4 heterocycles. The van der Waals surface area contributed by atoms with E-state index in [9.17, 15) is 0 Å². The van der Waals surface area contributed by atoms with Crippen LogP contribution >= 0.6 is 22.7 Å². The summed E-state index contributed by atoms with van der Waals surface area (Å²) in [4.78, 5) is 10.7. The molecule has 0 aliphatic carbocycles. The Kier molecular flexibility index (Phi) is 5.95. The summed E-state index contributed by atoms with van der Waals surface area (Å²) in [6.45, 7) is 1.61. The van der Waals surface area contributed by atoms with Crippen LogP contribution < -0.4 is 14.2 Å². The van der Waals surface area contributed by atoms with E-state index in [-0.39, 0.29) is 6.29 Å². The van der Waals surface area contributed by atoms with Crippen molar-refractivity contribution in [3.8, 4) is 27.5 Å². The van der Waals surface area contributed by atoms with Crippen molar-refractivity contribution in [2.45, 2.75) is 25.6 Å². The molecule has 1 aromatic carbocycles. The van der Waals surface area contributed by atoms with Gasteiger partial charge in [-0.15, -0.1) is 0 Å². The van der Waals surface area contributed by atoms with Gasteiger partial charge >= 0.3 is 0 Å². The molecule has 0 bridgehead atoms. The number of hydrogen-bond donors (Lipinski definition) is 0. The van der Waals surface area contributed by atoms with E-state index in [1.54, 1.807) is 14.2 Å². The Hall–Kier alpha value is -2.40. The van der Waals surface area contributed by atoms with Crippen molar-refractivity contribution in [2.24, 2.45) is 0 Å². The summed E-state index contributed by atoms with van der Waals surface area (Å²) >= 11 is 2.87. The van der Waals surface area contributed by atoms with Gasteiger partial charge in [-0.1, -0.05) is 22.7 Å². The minimum absolute atomic E-state index is 0.130. The number of aromatic nitrogens is 2. The van der Waals surface area contributed by atoms with Gasteiger partial charge in [0, 0.05) is 18.7 Å². The predicted molar refractivity (Wildman–Crippen MR) is 119 cm³/mol. The van der Waals surface area contributed by atoms with Crippen LogP contribution in [0.2, 0.25) is 0 Å². The highest BCUT2D eigenvalue weighted by molar-refractivity contribution is 7.28. The van der Waals surface area contributed by atoms with Gasteiger partial charge in [-0.05, 0) is 25.3 Å². The summed E-state index contributed by atoms with van der Waals surface area (Å²) in [6.07, 6.45) is 3.04. The van der Waals surface area contributed by atoms with Crippen LogP contribution in [-0.2, 0) is 9.47 Å². The minimum atomic E-state index is -0.130. The highest BCUT2D eigenvalue weighted by Gasteiger charge is 2.18. The molecule has 10 heteroatoms. The van der Waals surface area contributed by atoms with Crippen molar-refractivity contribution in [1.82, 2.24) is 9.97 Å². The lowest BCUT2D eigenvalue weighted by Crippen LogP contribution is -2.24. The number of hydrogen-bond acceptors (Lipinski definition) is 10. The van der Waals surface area contributed by atoms with Crippen LogP contribution in [0.25, 0.3) is 31.4 Å². The molecule has 4 aromatic rings. The number of methoxy groups -OCH3 is 2. The van der Waals surface area contributed by atoms with Gasteiger partial charge < -0.3 is 28.1 Å². The van der Waals surface area contributed by atoms with Gasteiger partial charge in [0.25, 0.3) is 5.19 Å². The zero-order valence-electron chi connectivity index (χ0n) is 17.2. The maximum atomic E-state index is 6.08. The third kappa shape index (κ3) is 4.33. The van der Waals surface area contributed by atoms with Crippen LogP contribution in [0.1, 0.15) is 19.3 Å². The monoisotopic (exact) mass is 462 g/mol. The molecule has 1 aliphatic rings. The normalized spacial score (nSPS) is 16.8. The molecular formula is C21H22N2O6S2. The first-order valence-electron chi connectivity index (χ1n) is 10.0. The molecule has 31 heavy (non-hydrogen) atoms. The molecule has 0 saturated carbocycles. The molecule has 1 saturated heterocycles. The van der Waals surface area contributed by atoms with Crippen molar-refractivity contribution in [3.63, 3.8) is 0 Å². The number of furan rings is 1. The first-order chi connectivity index (χ1) is 15.2. The van der Waals surface area contributed by atoms with Crippen LogP contribution in [-0.4, -0.2) is 50.3 Å². The van der Waals surface area contributed by atoms with Gasteiger partial charge in [0.05, 0.1) is 26.2 Å². The SMILES string of the molecule is COc1cc(OCCOC2CCCCO2)c2cc(-c3nc4sc(OC)nc4s3)oc2c1. The quantitative estimate of drug-likeness (QED) is 0.334. The Morgan fingerprint density at radius 1 is 1.03 bits per heavy atom. The lowest BCUT2D eigenvalue weighted by molar-refractivity contribution is -0.165. The average Bonchev–Trinajstić information content (AvgIpc) is 3.49. The fourth-order valence-corrected chi connectivity index (χ4v) is 5.22. The second-order valence-corrected chi connectivity index (χ2v) is 8.89. The zero-order valence-corrected chi connectivity index (χ0v) is 18.8. The van der Waals surface area contributed by atoms with E-state index in [1.165, 1.54) is 22.7 Å². The number of ether oxygens (including phenoxy) is 5. The maximum absolute atomic E-state index is 6.08. The number of benzene rings is 1. The van der Waals surface area contributed by atoms with Gasteiger partial charge in [0.1, 0.15) is 23.7 Å². The summed E-state index contributed by atoms with van der Waals surface area (Å²) in [5, 5.41) is 2.22. The first kappa shape index (κ1) is 20.5. The molecule has 5 rings (SSSR count). The van der Waals surface area contributed by atoms with Crippen LogP contribution in [0.4, 0.5) is 0 Å². The summed E-state index contributed by atoms with van der Waals surface area (Å²) in [5.74, 6) is 2.00. The number of rotatable bonds is 8. The third-order valence-electron chi connectivity index (χ3n) is 4.93. The van der Waals surface area contributed by atoms with E-state index in [1.807, 2.05) is 18.2 Å². The molecule has 1 unspecified atom stereocenters. The fraction of sp³-hybridized carbons (Fsp3) is 0.429. The van der Waals surface area contributed by atoms with Crippen molar-refractivity contribution in [3.05, 3.63) is 18.2 Å². The lowest BCUT2D eigenvalue weighted by Gasteiger charge is -2.22. The predicted octanol–water partition coefficient (Wildman–Crippen LogP) is 5.11. The van der Waals surface area contributed by atoms with Gasteiger partial charge in [-0.25, -0.2) is 4.98 Å². The van der Waals surface area contributed by atoms with Crippen LogP contribution in [0, 0.1) is 0 Å². The number of thiazole rings is 2. The van der Waals surface area contributed by atoms with Gasteiger partial charge in [-0.2, -0.15) is 4.98 Å². The smallest absolute Gasteiger partial charge is 0.276 e.